The molecule has 6 nitrogen and oxygen atoms in total. The lowest BCUT2D eigenvalue weighted by Crippen LogP contribution is -2.45. The second-order valence-corrected chi connectivity index (χ2v) is 9.42. The SMILES string of the molecule is CC1CN=C(c2ccc(CN3CCN(Cc4ccc(C5=NCC(C)N5)cc4)CC3)cc2)N1. The van der Waals surface area contributed by atoms with Crippen LogP contribution in [0.2, 0.25) is 0 Å². The Balaban J connectivity index is 1.08. The summed E-state index contributed by atoms with van der Waals surface area (Å²) in [6, 6.07) is 18.7. The third kappa shape index (κ3) is 5.03. The van der Waals surface area contributed by atoms with Crippen LogP contribution in [0.1, 0.15) is 36.1 Å². The zero-order valence-electron chi connectivity index (χ0n) is 19.2. The van der Waals surface area contributed by atoms with Crippen molar-refractivity contribution in [3.63, 3.8) is 0 Å². The minimum absolute atomic E-state index is 0.446. The van der Waals surface area contributed by atoms with Crippen LogP contribution < -0.4 is 10.6 Å². The monoisotopic (exact) mass is 430 g/mol. The molecule has 3 heterocycles. The minimum atomic E-state index is 0.446. The molecule has 0 bridgehead atoms. The summed E-state index contributed by atoms with van der Waals surface area (Å²) in [7, 11) is 0. The lowest BCUT2D eigenvalue weighted by Gasteiger charge is -2.34. The summed E-state index contributed by atoms with van der Waals surface area (Å²) in [6.07, 6.45) is 0. The van der Waals surface area contributed by atoms with Crippen molar-refractivity contribution in [2.45, 2.75) is 39.0 Å². The number of amidine groups is 2. The highest BCUT2D eigenvalue weighted by Gasteiger charge is 2.19. The van der Waals surface area contributed by atoms with Crippen LogP contribution >= 0.6 is 0 Å². The summed E-state index contributed by atoms with van der Waals surface area (Å²) in [6.45, 7) is 12.6. The molecule has 0 saturated carbocycles. The molecule has 168 valence electrons. The van der Waals surface area contributed by atoms with Crippen molar-refractivity contribution in [1.82, 2.24) is 20.4 Å². The van der Waals surface area contributed by atoms with E-state index in [0.717, 1.165) is 64.0 Å². The zero-order chi connectivity index (χ0) is 21.9. The van der Waals surface area contributed by atoms with E-state index < -0.39 is 0 Å². The molecule has 0 aliphatic carbocycles. The largest absolute Gasteiger partial charge is 0.366 e. The Hall–Kier alpha value is -2.70. The molecule has 2 N–H and O–H groups in total. The number of benzene rings is 2. The Morgan fingerprint density at radius 1 is 0.656 bits per heavy atom. The van der Waals surface area contributed by atoms with Gasteiger partial charge in [-0.2, -0.15) is 0 Å². The molecule has 2 unspecified atom stereocenters. The Morgan fingerprint density at radius 3 is 1.34 bits per heavy atom. The normalized spacial score (nSPS) is 24.1. The van der Waals surface area contributed by atoms with Crippen LogP contribution in [-0.4, -0.2) is 72.8 Å². The fourth-order valence-electron chi connectivity index (χ4n) is 4.61. The van der Waals surface area contributed by atoms with Crippen LogP contribution in [0, 0.1) is 0 Å². The predicted molar refractivity (Wildman–Crippen MR) is 131 cm³/mol. The van der Waals surface area contributed by atoms with Gasteiger partial charge in [0.25, 0.3) is 0 Å². The molecule has 1 saturated heterocycles. The maximum Gasteiger partial charge on any atom is 0.128 e. The molecule has 3 aliphatic rings. The first-order valence-electron chi connectivity index (χ1n) is 11.9. The van der Waals surface area contributed by atoms with Gasteiger partial charge in [0.2, 0.25) is 0 Å². The summed E-state index contributed by atoms with van der Waals surface area (Å²) < 4.78 is 0. The first kappa shape index (κ1) is 21.2. The molecule has 2 atom stereocenters. The van der Waals surface area contributed by atoms with Crippen LogP contribution in [0.5, 0.6) is 0 Å². The Morgan fingerprint density at radius 2 is 1.03 bits per heavy atom. The van der Waals surface area contributed by atoms with Crippen LogP contribution in [-0.2, 0) is 13.1 Å². The number of rotatable bonds is 6. The van der Waals surface area contributed by atoms with Gasteiger partial charge in [-0.05, 0) is 25.0 Å². The number of hydrogen-bond acceptors (Lipinski definition) is 6. The molecule has 6 heteroatoms. The Kier molecular flexibility index (Phi) is 6.23. The third-order valence-corrected chi connectivity index (χ3v) is 6.54. The second-order valence-electron chi connectivity index (χ2n) is 9.42. The van der Waals surface area contributed by atoms with Crippen LogP contribution in [0.4, 0.5) is 0 Å². The van der Waals surface area contributed by atoms with Crippen LogP contribution in [0.25, 0.3) is 0 Å². The van der Waals surface area contributed by atoms with Gasteiger partial charge in [-0.25, -0.2) is 0 Å². The lowest BCUT2D eigenvalue weighted by molar-refractivity contribution is 0.122. The summed E-state index contributed by atoms with van der Waals surface area (Å²) in [5, 5.41) is 6.88. The number of piperazine rings is 1. The molecular weight excluding hydrogens is 396 g/mol. The maximum absolute atomic E-state index is 4.58. The van der Waals surface area contributed by atoms with Crippen molar-refractivity contribution in [2.75, 3.05) is 39.3 Å². The van der Waals surface area contributed by atoms with E-state index in [0.29, 0.717) is 12.1 Å². The number of nitrogens with zero attached hydrogens (tertiary/aromatic N) is 4. The van der Waals surface area contributed by atoms with Gasteiger partial charge in [-0.1, -0.05) is 48.5 Å². The zero-order valence-corrected chi connectivity index (χ0v) is 19.2. The fourth-order valence-corrected chi connectivity index (χ4v) is 4.61. The number of nitrogens with one attached hydrogen (secondary N) is 2. The number of hydrogen-bond donors (Lipinski definition) is 2. The molecule has 0 aromatic heterocycles. The topological polar surface area (TPSA) is 55.3 Å². The van der Waals surface area contributed by atoms with Gasteiger partial charge in [-0.15, -0.1) is 0 Å². The first-order valence-corrected chi connectivity index (χ1v) is 11.9. The molecule has 0 spiro atoms. The molecule has 2 aromatic rings. The van der Waals surface area contributed by atoms with E-state index in [1.54, 1.807) is 0 Å². The van der Waals surface area contributed by atoms with E-state index in [4.69, 9.17) is 0 Å². The predicted octanol–water partition coefficient (Wildman–Crippen LogP) is 2.48. The standard InChI is InChI=1S/C26H34N6/c1-19-15-27-25(29-19)23-7-3-21(4-8-23)17-31-11-13-32(14-12-31)18-22-5-9-24(10-6-22)26-28-16-20(2)30-26/h3-10,19-20H,11-18H2,1-2H3,(H,27,29)(H,28,30). The van der Waals surface area contributed by atoms with E-state index >= 15 is 0 Å². The summed E-state index contributed by atoms with van der Waals surface area (Å²) in [4.78, 5) is 14.3. The van der Waals surface area contributed by atoms with E-state index in [1.165, 1.54) is 22.3 Å². The summed E-state index contributed by atoms with van der Waals surface area (Å²) >= 11 is 0. The van der Waals surface area contributed by atoms with Crippen molar-refractivity contribution in [2.24, 2.45) is 9.98 Å². The van der Waals surface area contributed by atoms with Gasteiger partial charge in [0.05, 0.1) is 13.1 Å². The Labute approximate surface area is 191 Å². The molecule has 5 rings (SSSR count). The van der Waals surface area contributed by atoms with Crippen molar-refractivity contribution in [1.29, 1.82) is 0 Å². The second kappa shape index (κ2) is 9.43. The highest BCUT2D eigenvalue weighted by atomic mass is 15.3. The van der Waals surface area contributed by atoms with Gasteiger partial charge in [0.1, 0.15) is 11.7 Å². The summed E-state index contributed by atoms with van der Waals surface area (Å²) in [5.41, 5.74) is 5.14. The van der Waals surface area contributed by atoms with Crippen molar-refractivity contribution < 1.29 is 0 Å². The van der Waals surface area contributed by atoms with Gasteiger partial charge < -0.3 is 10.6 Å². The molecule has 3 aliphatic heterocycles. The lowest BCUT2D eigenvalue weighted by atomic mass is 10.1. The van der Waals surface area contributed by atoms with Crippen molar-refractivity contribution in [3.05, 3.63) is 70.8 Å². The summed E-state index contributed by atoms with van der Waals surface area (Å²) in [5.74, 6) is 2.07. The molecule has 1 fully saturated rings. The molecule has 32 heavy (non-hydrogen) atoms. The third-order valence-electron chi connectivity index (χ3n) is 6.54. The van der Waals surface area contributed by atoms with E-state index in [9.17, 15) is 0 Å². The first-order chi connectivity index (χ1) is 15.6. The van der Waals surface area contributed by atoms with Gasteiger partial charge >= 0.3 is 0 Å². The van der Waals surface area contributed by atoms with E-state index in [-0.39, 0.29) is 0 Å². The van der Waals surface area contributed by atoms with Gasteiger partial charge in [-0.3, -0.25) is 19.8 Å². The highest BCUT2D eigenvalue weighted by molar-refractivity contribution is 6.00. The fraction of sp³-hybridized carbons (Fsp3) is 0.462. The van der Waals surface area contributed by atoms with Gasteiger partial charge in [0.15, 0.2) is 0 Å². The quantitative estimate of drug-likeness (QED) is 0.739. The van der Waals surface area contributed by atoms with Crippen molar-refractivity contribution >= 4 is 11.7 Å². The average Bonchev–Trinajstić information content (AvgIpc) is 3.44. The maximum atomic E-state index is 4.58. The van der Waals surface area contributed by atoms with E-state index in [2.05, 4.69) is 92.8 Å². The van der Waals surface area contributed by atoms with Crippen LogP contribution in [0.15, 0.2) is 58.5 Å². The molecule has 2 aromatic carbocycles. The molecule has 0 radical (unpaired) electrons. The molecular formula is C26H34N6. The average molecular weight is 431 g/mol. The smallest absolute Gasteiger partial charge is 0.128 e. The molecule has 0 amide bonds. The minimum Gasteiger partial charge on any atom is -0.366 e. The van der Waals surface area contributed by atoms with Gasteiger partial charge in [0, 0.05) is 62.5 Å². The van der Waals surface area contributed by atoms with Crippen LogP contribution in [0.3, 0.4) is 0 Å². The Bertz CT molecular complexity index is 889. The van der Waals surface area contributed by atoms with E-state index in [1.807, 2.05) is 0 Å². The highest BCUT2D eigenvalue weighted by Crippen LogP contribution is 2.15. The van der Waals surface area contributed by atoms with Crippen molar-refractivity contribution in [3.8, 4) is 0 Å². The number of aliphatic imine (C=N–C) groups is 2.